The van der Waals surface area contributed by atoms with E-state index in [1.165, 1.54) is 0 Å². The van der Waals surface area contributed by atoms with Gasteiger partial charge in [-0.15, -0.1) is 0 Å². The van der Waals surface area contributed by atoms with E-state index in [0.29, 0.717) is 19.6 Å². The van der Waals surface area contributed by atoms with E-state index < -0.39 is 0 Å². The average Bonchev–Trinajstić information content (AvgIpc) is 2.41. The molecule has 1 heterocycles. The zero-order valence-electron chi connectivity index (χ0n) is 12.8. The number of nitrogens with one attached hydrogen (secondary N) is 1. The van der Waals surface area contributed by atoms with Crippen LogP contribution in [0.5, 0.6) is 5.75 Å². The minimum Gasteiger partial charge on any atom is -0.496 e. The number of rotatable bonds is 8. The van der Waals surface area contributed by atoms with Gasteiger partial charge in [0.05, 0.1) is 19.4 Å². The number of carbonyl (C=O) groups excluding carboxylic acids is 1. The number of aryl methyl sites for hydroxylation is 1. The van der Waals surface area contributed by atoms with Gasteiger partial charge in [-0.1, -0.05) is 0 Å². The lowest BCUT2D eigenvalue weighted by atomic mass is 10.1. The van der Waals surface area contributed by atoms with Crippen LogP contribution in [-0.4, -0.2) is 31.2 Å². The Labute approximate surface area is 120 Å². The van der Waals surface area contributed by atoms with Crippen molar-refractivity contribution in [3.8, 4) is 5.75 Å². The summed E-state index contributed by atoms with van der Waals surface area (Å²) in [7, 11) is 1.67. The Morgan fingerprint density at radius 3 is 2.80 bits per heavy atom. The molecule has 0 spiro atoms. The second kappa shape index (κ2) is 8.53. The minimum absolute atomic E-state index is 0.138. The molecule has 1 aromatic rings. The summed E-state index contributed by atoms with van der Waals surface area (Å²) in [5, 5.41) is 3.28. The SMILES string of the molecule is CCOC(=O)CCCNCc1ncc(C)c(OC)c1C. The first kappa shape index (κ1) is 16.4. The zero-order chi connectivity index (χ0) is 15.0. The van der Waals surface area contributed by atoms with E-state index in [-0.39, 0.29) is 5.97 Å². The highest BCUT2D eigenvalue weighted by atomic mass is 16.5. The molecule has 1 N–H and O–H groups in total. The van der Waals surface area contributed by atoms with Gasteiger partial charge in [0.15, 0.2) is 0 Å². The first-order valence-electron chi connectivity index (χ1n) is 6.95. The molecule has 0 atom stereocenters. The Balaban J connectivity index is 2.38. The molecule has 20 heavy (non-hydrogen) atoms. The van der Waals surface area contributed by atoms with Crippen LogP contribution in [0.1, 0.15) is 36.6 Å². The molecule has 0 aliphatic rings. The lowest BCUT2D eigenvalue weighted by molar-refractivity contribution is -0.143. The topological polar surface area (TPSA) is 60.5 Å². The summed E-state index contributed by atoms with van der Waals surface area (Å²) in [6.45, 7) is 7.68. The number of carbonyl (C=O) groups is 1. The standard InChI is InChI=1S/C15H24N2O3/c1-5-20-14(18)7-6-8-16-10-13-12(3)15(19-4)11(2)9-17-13/h9,16H,5-8,10H2,1-4H3. The summed E-state index contributed by atoms with van der Waals surface area (Å²) in [6.07, 6.45) is 3.03. The Morgan fingerprint density at radius 1 is 1.40 bits per heavy atom. The van der Waals surface area contributed by atoms with Crippen LogP contribution in [0.3, 0.4) is 0 Å². The fourth-order valence-electron chi connectivity index (χ4n) is 2.05. The van der Waals surface area contributed by atoms with E-state index in [9.17, 15) is 4.79 Å². The molecule has 0 radical (unpaired) electrons. The van der Waals surface area contributed by atoms with Gasteiger partial charge in [0.2, 0.25) is 0 Å². The summed E-state index contributed by atoms with van der Waals surface area (Å²) in [5.74, 6) is 0.754. The number of methoxy groups -OCH3 is 1. The summed E-state index contributed by atoms with van der Waals surface area (Å²) in [6, 6.07) is 0. The lowest BCUT2D eigenvalue weighted by Crippen LogP contribution is -2.18. The van der Waals surface area contributed by atoms with Crippen molar-refractivity contribution >= 4 is 5.97 Å². The quantitative estimate of drug-likeness (QED) is 0.584. The highest BCUT2D eigenvalue weighted by Crippen LogP contribution is 2.23. The smallest absolute Gasteiger partial charge is 0.305 e. The molecule has 1 aromatic heterocycles. The molecule has 0 saturated heterocycles. The van der Waals surface area contributed by atoms with E-state index in [4.69, 9.17) is 9.47 Å². The maximum Gasteiger partial charge on any atom is 0.305 e. The third-order valence-corrected chi connectivity index (χ3v) is 3.08. The molecule has 112 valence electrons. The fraction of sp³-hybridized carbons (Fsp3) is 0.600. The van der Waals surface area contributed by atoms with Crippen LogP contribution in [0.2, 0.25) is 0 Å². The van der Waals surface area contributed by atoms with E-state index in [2.05, 4.69) is 10.3 Å². The van der Waals surface area contributed by atoms with Crippen LogP contribution in [-0.2, 0) is 16.1 Å². The van der Waals surface area contributed by atoms with E-state index in [1.54, 1.807) is 7.11 Å². The molecular weight excluding hydrogens is 256 g/mol. The van der Waals surface area contributed by atoms with Crippen LogP contribution < -0.4 is 10.1 Å². The number of esters is 1. The van der Waals surface area contributed by atoms with Gasteiger partial charge in [-0.05, 0) is 33.7 Å². The van der Waals surface area contributed by atoms with Gasteiger partial charge in [-0.3, -0.25) is 9.78 Å². The van der Waals surface area contributed by atoms with Crippen molar-refractivity contribution in [3.05, 3.63) is 23.0 Å². The third kappa shape index (κ3) is 4.81. The highest BCUT2D eigenvalue weighted by molar-refractivity contribution is 5.69. The van der Waals surface area contributed by atoms with Gasteiger partial charge >= 0.3 is 5.97 Å². The molecule has 0 aliphatic heterocycles. The Bertz CT molecular complexity index is 447. The highest BCUT2D eigenvalue weighted by Gasteiger charge is 2.09. The third-order valence-electron chi connectivity index (χ3n) is 3.08. The van der Waals surface area contributed by atoms with Crippen molar-refractivity contribution in [2.24, 2.45) is 0 Å². The van der Waals surface area contributed by atoms with Gasteiger partial charge in [-0.2, -0.15) is 0 Å². The maximum absolute atomic E-state index is 11.2. The van der Waals surface area contributed by atoms with Crippen LogP contribution in [0.15, 0.2) is 6.20 Å². The summed E-state index contributed by atoms with van der Waals surface area (Å²) in [5.41, 5.74) is 3.07. The fourth-order valence-corrected chi connectivity index (χ4v) is 2.05. The zero-order valence-corrected chi connectivity index (χ0v) is 12.8. The van der Waals surface area contributed by atoms with Gasteiger partial charge < -0.3 is 14.8 Å². The number of hydrogen-bond donors (Lipinski definition) is 1. The molecule has 0 aliphatic carbocycles. The molecule has 0 saturated carbocycles. The molecule has 0 aromatic carbocycles. The number of pyridine rings is 1. The monoisotopic (exact) mass is 280 g/mol. The van der Waals surface area contributed by atoms with Crippen LogP contribution in [0, 0.1) is 13.8 Å². The summed E-state index contributed by atoms with van der Waals surface area (Å²) in [4.78, 5) is 15.6. The van der Waals surface area contributed by atoms with Crippen LogP contribution in [0.4, 0.5) is 0 Å². The Hall–Kier alpha value is -1.62. The van der Waals surface area contributed by atoms with Gasteiger partial charge in [0.25, 0.3) is 0 Å². The Kier molecular flexibility index (Phi) is 7.01. The van der Waals surface area contributed by atoms with Gasteiger partial charge in [0, 0.05) is 30.3 Å². The summed E-state index contributed by atoms with van der Waals surface area (Å²) < 4.78 is 10.2. The van der Waals surface area contributed by atoms with E-state index in [0.717, 1.165) is 35.5 Å². The second-order valence-corrected chi connectivity index (χ2v) is 4.63. The first-order valence-corrected chi connectivity index (χ1v) is 6.95. The van der Waals surface area contributed by atoms with Gasteiger partial charge in [0.1, 0.15) is 5.75 Å². The molecule has 0 fully saturated rings. The van der Waals surface area contributed by atoms with Gasteiger partial charge in [-0.25, -0.2) is 0 Å². The summed E-state index contributed by atoms with van der Waals surface area (Å²) >= 11 is 0. The normalized spacial score (nSPS) is 10.4. The number of nitrogens with zero attached hydrogens (tertiary/aromatic N) is 1. The maximum atomic E-state index is 11.2. The molecule has 0 bridgehead atoms. The van der Waals surface area contributed by atoms with E-state index in [1.807, 2.05) is 27.0 Å². The lowest BCUT2D eigenvalue weighted by Gasteiger charge is -2.12. The number of ether oxygens (including phenoxy) is 2. The molecule has 5 nitrogen and oxygen atoms in total. The number of aromatic nitrogens is 1. The number of hydrogen-bond acceptors (Lipinski definition) is 5. The van der Waals surface area contributed by atoms with Crippen molar-refractivity contribution in [2.75, 3.05) is 20.3 Å². The predicted octanol–water partition coefficient (Wildman–Crippen LogP) is 2.14. The molecule has 5 heteroatoms. The van der Waals surface area contributed by atoms with Crippen molar-refractivity contribution in [1.29, 1.82) is 0 Å². The minimum atomic E-state index is -0.138. The van der Waals surface area contributed by atoms with Crippen molar-refractivity contribution in [3.63, 3.8) is 0 Å². The molecule has 0 amide bonds. The molecule has 1 rings (SSSR count). The molecule has 0 unspecified atom stereocenters. The largest absolute Gasteiger partial charge is 0.496 e. The van der Waals surface area contributed by atoms with Crippen LogP contribution in [0.25, 0.3) is 0 Å². The van der Waals surface area contributed by atoms with Crippen molar-refractivity contribution in [1.82, 2.24) is 10.3 Å². The second-order valence-electron chi connectivity index (χ2n) is 4.63. The van der Waals surface area contributed by atoms with Crippen LogP contribution >= 0.6 is 0 Å². The van der Waals surface area contributed by atoms with E-state index >= 15 is 0 Å². The Morgan fingerprint density at radius 2 is 2.15 bits per heavy atom. The predicted molar refractivity (Wildman–Crippen MR) is 77.8 cm³/mol. The molecular formula is C15H24N2O3. The first-order chi connectivity index (χ1) is 9.60. The van der Waals surface area contributed by atoms with Crippen molar-refractivity contribution in [2.45, 2.75) is 40.2 Å². The average molecular weight is 280 g/mol. The van der Waals surface area contributed by atoms with Crippen molar-refractivity contribution < 1.29 is 14.3 Å².